The van der Waals surface area contributed by atoms with Crippen molar-refractivity contribution in [3.8, 4) is 5.75 Å². The van der Waals surface area contributed by atoms with Crippen LogP contribution in [0.1, 0.15) is 18.9 Å². The van der Waals surface area contributed by atoms with Gasteiger partial charge in [0.2, 0.25) is 0 Å². The molecule has 1 aromatic rings. The van der Waals surface area contributed by atoms with Crippen LogP contribution in [0.15, 0.2) is 18.2 Å². The number of halogens is 1. The standard InChI is InChI=1S/C12H15FO3/c1-3-16-12(14)8-7-9-10(13)5-4-6-11(9)15-2/h4-6H,3,7-8H2,1-2H3. The largest absolute Gasteiger partial charge is 0.496 e. The predicted molar refractivity (Wildman–Crippen MR) is 57.9 cm³/mol. The van der Waals surface area contributed by atoms with E-state index in [9.17, 15) is 9.18 Å². The molecule has 0 saturated carbocycles. The Morgan fingerprint density at radius 2 is 2.19 bits per heavy atom. The maximum atomic E-state index is 13.4. The highest BCUT2D eigenvalue weighted by Crippen LogP contribution is 2.22. The predicted octanol–water partition coefficient (Wildman–Crippen LogP) is 2.33. The average molecular weight is 226 g/mol. The fourth-order valence-corrected chi connectivity index (χ4v) is 1.43. The first kappa shape index (κ1) is 12.5. The summed E-state index contributed by atoms with van der Waals surface area (Å²) in [7, 11) is 1.47. The Hall–Kier alpha value is -1.58. The lowest BCUT2D eigenvalue weighted by atomic mass is 10.1. The molecule has 0 aliphatic heterocycles. The minimum absolute atomic E-state index is 0.158. The molecule has 1 rings (SSSR count). The van der Waals surface area contributed by atoms with Gasteiger partial charge in [-0.2, -0.15) is 0 Å². The van der Waals surface area contributed by atoms with E-state index in [-0.39, 0.29) is 24.6 Å². The van der Waals surface area contributed by atoms with Gasteiger partial charge in [-0.3, -0.25) is 4.79 Å². The van der Waals surface area contributed by atoms with Crippen molar-refractivity contribution in [1.29, 1.82) is 0 Å². The van der Waals surface area contributed by atoms with Gasteiger partial charge in [0.25, 0.3) is 0 Å². The zero-order chi connectivity index (χ0) is 12.0. The molecule has 0 N–H and O–H groups in total. The Morgan fingerprint density at radius 3 is 2.81 bits per heavy atom. The molecule has 0 aliphatic carbocycles. The van der Waals surface area contributed by atoms with E-state index in [2.05, 4.69) is 0 Å². The van der Waals surface area contributed by atoms with E-state index in [1.165, 1.54) is 13.2 Å². The quantitative estimate of drug-likeness (QED) is 0.723. The first-order valence-corrected chi connectivity index (χ1v) is 5.16. The molecule has 0 bridgehead atoms. The first-order valence-electron chi connectivity index (χ1n) is 5.16. The molecule has 0 amide bonds. The van der Waals surface area contributed by atoms with Gasteiger partial charge >= 0.3 is 5.97 Å². The van der Waals surface area contributed by atoms with Crippen molar-refractivity contribution in [1.82, 2.24) is 0 Å². The van der Waals surface area contributed by atoms with Gasteiger partial charge in [-0.1, -0.05) is 6.07 Å². The Kier molecular flexibility index (Phi) is 4.76. The molecule has 4 heteroatoms. The van der Waals surface area contributed by atoms with Crippen molar-refractivity contribution < 1.29 is 18.7 Å². The number of esters is 1. The zero-order valence-corrected chi connectivity index (χ0v) is 9.46. The maximum absolute atomic E-state index is 13.4. The normalized spacial score (nSPS) is 9.94. The summed E-state index contributed by atoms with van der Waals surface area (Å²) < 4.78 is 23.2. The van der Waals surface area contributed by atoms with Crippen molar-refractivity contribution in [2.45, 2.75) is 19.8 Å². The summed E-state index contributed by atoms with van der Waals surface area (Å²) in [5.41, 5.74) is 0.415. The topological polar surface area (TPSA) is 35.5 Å². The van der Waals surface area contributed by atoms with Crippen molar-refractivity contribution in [3.05, 3.63) is 29.6 Å². The van der Waals surface area contributed by atoms with Gasteiger partial charge in [0.15, 0.2) is 0 Å². The monoisotopic (exact) mass is 226 g/mol. The smallest absolute Gasteiger partial charge is 0.306 e. The summed E-state index contributed by atoms with van der Waals surface area (Å²) in [5.74, 6) is -0.222. The summed E-state index contributed by atoms with van der Waals surface area (Å²) in [6.45, 7) is 2.08. The molecule has 0 fully saturated rings. The number of rotatable bonds is 5. The van der Waals surface area contributed by atoms with Crippen LogP contribution < -0.4 is 4.74 Å². The third-order valence-electron chi connectivity index (χ3n) is 2.18. The summed E-state index contributed by atoms with van der Waals surface area (Å²) in [4.78, 5) is 11.1. The molecule has 1 aromatic carbocycles. The molecule has 0 atom stereocenters. The summed E-state index contributed by atoms with van der Waals surface area (Å²) >= 11 is 0. The van der Waals surface area contributed by atoms with Crippen molar-refractivity contribution >= 4 is 5.97 Å². The van der Waals surface area contributed by atoms with E-state index in [1.54, 1.807) is 19.1 Å². The second-order valence-corrected chi connectivity index (χ2v) is 3.23. The van der Waals surface area contributed by atoms with Gasteiger partial charge in [0.1, 0.15) is 11.6 Å². The Balaban J connectivity index is 2.69. The van der Waals surface area contributed by atoms with Gasteiger partial charge in [0, 0.05) is 12.0 Å². The van der Waals surface area contributed by atoms with Crippen LogP contribution in [0.2, 0.25) is 0 Å². The molecule has 0 aromatic heterocycles. The fourth-order valence-electron chi connectivity index (χ4n) is 1.43. The molecule has 0 aliphatic rings. The molecule has 0 heterocycles. The van der Waals surface area contributed by atoms with Crippen LogP contribution in [0.5, 0.6) is 5.75 Å². The Labute approximate surface area is 94.2 Å². The SMILES string of the molecule is CCOC(=O)CCc1c(F)cccc1OC. The molecular formula is C12H15FO3. The highest BCUT2D eigenvalue weighted by atomic mass is 19.1. The molecule has 0 spiro atoms. The molecule has 88 valence electrons. The lowest BCUT2D eigenvalue weighted by molar-refractivity contribution is -0.143. The third kappa shape index (κ3) is 3.22. The van der Waals surface area contributed by atoms with Crippen LogP contribution >= 0.6 is 0 Å². The lowest BCUT2D eigenvalue weighted by Crippen LogP contribution is -2.06. The van der Waals surface area contributed by atoms with Gasteiger partial charge < -0.3 is 9.47 Å². The Bertz CT molecular complexity index is 363. The van der Waals surface area contributed by atoms with Gasteiger partial charge in [-0.05, 0) is 25.5 Å². The highest BCUT2D eigenvalue weighted by Gasteiger charge is 2.11. The first-order chi connectivity index (χ1) is 7.69. The second-order valence-electron chi connectivity index (χ2n) is 3.23. The maximum Gasteiger partial charge on any atom is 0.306 e. The Morgan fingerprint density at radius 1 is 1.44 bits per heavy atom. The van der Waals surface area contributed by atoms with Gasteiger partial charge in [-0.15, -0.1) is 0 Å². The van der Waals surface area contributed by atoms with Gasteiger partial charge in [-0.25, -0.2) is 4.39 Å². The minimum atomic E-state index is -0.358. The van der Waals surface area contributed by atoms with E-state index >= 15 is 0 Å². The molecule has 0 saturated heterocycles. The molecule has 0 radical (unpaired) electrons. The number of hydrogen-bond acceptors (Lipinski definition) is 3. The zero-order valence-electron chi connectivity index (χ0n) is 9.46. The van der Waals surface area contributed by atoms with Crippen LogP contribution in [-0.4, -0.2) is 19.7 Å². The number of carbonyl (C=O) groups excluding carboxylic acids is 1. The van der Waals surface area contributed by atoms with E-state index < -0.39 is 0 Å². The van der Waals surface area contributed by atoms with Gasteiger partial charge in [0.05, 0.1) is 13.7 Å². The summed E-state index contributed by atoms with van der Waals surface area (Å²) in [6, 6.07) is 4.59. The number of hydrogen-bond donors (Lipinski definition) is 0. The summed E-state index contributed by atoms with van der Waals surface area (Å²) in [6.07, 6.45) is 0.444. The number of ether oxygens (including phenoxy) is 2. The van der Waals surface area contributed by atoms with E-state index in [4.69, 9.17) is 9.47 Å². The molecule has 0 unspecified atom stereocenters. The fraction of sp³-hybridized carbons (Fsp3) is 0.417. The van der Waals surface area contributed by atoms with Crippen LogP contribution in [0.3, 0.4) is 0 Å². The molecule has 3 nitrogen and oxygen atoms in total. The van der Waals surface area contributed by atoms with Crippen LogP contribution in [0.25, 0.3) is 0 Å². The van der Waals surface area contributed by atoms with Crippen molar-refractivity contribution in [2.75, 3.05) is 13.7 Å². The van der Waals surface area contributed by atoms with E-state index in [0.717, 1.165) is 0 Å². The van der Waals surface area contributed by atoms with E-state index in [0.29, 0.717) is 17.9 Å². The number of methoxy groups -OCH3 is 1. The van der Waals surface area contributed by atoms with Crippen molar-refractivity contribution in [3.63, 3.8) is 0 Å². The van der Waals surface area contributed by atoms with Crippen LogP contribution in [0.4, 0.5) is 4.39 Å². The van der Waals surface area contributed by atoms with Crippen LogP contribution in [0, 0.1) is 5.82 Å². The van der Waals surface area contributed by atoms with Crippen LogP contribution in [-0.2, 0) is 16.0 Å². The highest BCUT2D eigenvalue weighted by molar-refractivity contribution is 5.69. The second kappa shape index (κ2) is 6.10. The number of benzene rings is 1. The minimum Gasteiger partial charge on any atom is -0.496 e. The molecular weight excluding hydrogens is 211 g/mol. The number of carbonyl (C=O) groups is 1. The third-order valence-corrected chi connectivity index (χ3v) is 2.18. The van der Waals surface area contributed by atoms with E-state index in [1.807, 2.05) is 0 Å². The lowest BCUT2D eigenvalue weighted by Gasteiger charge is -2.08. The molecule has 16 heavy (non-hydrogen) atoms. The van der Waals surface area contributed by atoms with Crippen molar-refractivity contribution in [2.24, 2.45) is 0 Å². The average Bonchev–Trinajstić information content (AvgIpc) is 2.27. The summed E-state index contributed by atoms with van der Waals surface area (Å²) in [5, 5.41) is 0.